The molecule has 0 spiro atoms. The molecule has 0 atom stereocenters. The highest BCUT2D eigenvalue weighted by atomic mass is 16.5. The van der Waals surface area contributed by atoms with Gasteiger partial charge in [-0.1, -0.05) is 12.1 Å². The maximum absolute atomic E-state index is 11.5. The largest absolute Gasteiger partial charge is 0.497 e. The van der Waals surface area contributed by atoms with E-state index in [0.29, 0.717) is 24.8 Å². The highest BCUT2D eigenvalue weighted by Crippen LogP contribution is 2.30. The molecular weight excluding hydrogens is 406 g/mol. The molecule has 0 saturated heterocycles. The van der Waals surface area contributed by atoms with Crippen LogP contribution in [0.1, 0.15) is 29.2 Å². The monoisotopic (exact) mass is 433 g/mol. The van der Waals surface area contributed by atoms with E-state index in [9.17, 15) is 4.79 Å². The molecule has 32 heavy (non-hydrogen) atoms. The molecule has 6 heteroatoms. The number of methoxy groups -OCH3 is 1. The second-order valence-corrected chi connectivity index (χ2v) is 7.14. The number of carbonyl (C=O) groups is 1. The zero-order chi connectivity index (χ0) is 22.9. The Bertz CT molecular complexity index is 1050. The summed E-state index contributed by atoms with van der Waals surface area (Å²) in [7, 11) is 1.64. The van der Waals surface area contributed by atoms with Crippen molar-refractivity contribution in [2.45, 2.75) is 27.4 Å². The first-order valence-corrected chi connectivity index (χ1v) is 10.3. The fourth-order valence-electron chi connectivity index (χ4n) is 3.10. The minimum atomic E-state index is -0.360. The molecule has 0 bridgehead atoms. The van der Waals surface area contributed by atoms with Crippen LogP contribution in [0, 0.1) is 13.8 Å². The summed E-state index contributed by atoms with van der Waals surface area (Å²) in [5.74, 6) is 2.31. The van der Waals surface area contributed by atoms with Crippen LogP contribution in [0.3, 0.4) is 0 Å². The fraction of sp³-hybridized carbons (Fsp3) is 0.231. The summed E-state index contributed by atoms with van der Waals surface area (Å²) in [6.45, 7) is 6.48. The number of hydrogen-bond acceptors (Lipinski definition) is 6. The third-order valence-corrected chi connectivity index (χ3v) is 4.66. The fourth-order valence-corrected chi connectivity index (χ4v) is 3.10. The Kier molecular flexibility index (Phi) is 7.86. The van der Waals surface area contributed by atoms with Crippen molar-refractivity contribution < 1.29 is 23.7 Å². The minimum Gasteiger partial charge on any atom is -0.497 e. The van der Waals surface area contributed by atoms with Gasteiger partial charge in [-0.2, -0.15) is 0 Å². The third kappa shape index (κ3) is 6.35. The highest BCUT2D eigenvalue weighted by molar-refractivity contribution is 5.87. The summed E-state index contributed by atoms with van der Waals surface area (Å²) >= 11 is 0. The van der Waals surface area contributed by atoms with E-state index < -0.39 is 0 Å². The van der Waals surface area contributed by atoms with Gasteiger partial charge in [-0.15, -0.1) is 0 Å². The van der Waals surface area contributed by atoms with E-state index in [2.05, 4.69) is 4.98 Å². The number of benzene rings is 2. The molecule has 3 rings (SSSR count). The Morgan fingerprint density at radius 1 is 1.00 bits per heavy atom. The molecule has 0 N–H and O–H groups in total. The Morgan fingerprint density at radius 3 is 2.28 bits per heavy atom. The Labute approximate surface area is 188 Å². The molecule has 0 aliphatic carbocycles. The van der Waals surface area contributed by atoms with E-state index in [1.54, 1.807) is 32.4 Å². The van der Waals surface area contributed by atoms with Crippen molar-refractivity contribution in [3.63, 3.8) is 0 Å². The summed E-state index contributed by atoms with van der Waals surface area (Å²) in [5, 5.41) is 0. The Hall–Kier alpha value is -3.80. The van der Waals surface area contributed by atoms with Crippen molar-refractivity contribution in [2.75, 3.05) is 13.7 Å². The molecule has 0 aliphatic heterocycles. The molecule has 1 heterocycles. The number of pyridine rings is 1. The second kappa shape index (κ2) is 11.0. The molecule has 6 nitrogen and oxygen atoms in total. The smallest absolute Gasteiger partial charge is 0.330 e. The topological polar surface area (TPSA) is 66.9 Å². The van der Waals surface area contributed by atoms with Gasteiger partial charge in [-0.25, -0.2) is 9.78 Å². The lowest BCUT2D eigenvalue weighted by molar-refractivity contribution is -0.137. The summed E-state index contributed by atoms with van der Waals surface area (Å²) < 4.78 is 21.9. The highest BCUT2D eigenvalue weighted by Gasteiger charge is 2.09. The molecule has 2 aromatic carbocycles. The van der Waals surface area contributed by atoms with Crippen LogP contribution >= 0.6 is 0 Å². The molecule has 0 saturated carbocycles. The van der Waals surface area contributed by atoms with Gasteiger partial charge in [0.15, 0.2) is 0 Å². The summed E-state index contributed by atoms with van der Waals surface area (Å²) in [4.78, 5) is 15.9. The minimum absolute atomic E-state index is 0.353. The lowest BCUT2D eigenvalue weighted by Crippen LogP contribution is -1.99. The number of ether oxygens (including phenoxy) is 4. The molecule has 0 radical (unpaired) electrons. The first-order valence-electron chi connectivity index (χ1n) is 10.3. The van der Waals surface area contributed by atoms with Crippen LogP contribution < -0.4 is 14.2 Å². The number of rotatable bonds is 9. The van der Waals surface area contributed by atoms with Crippen LogP contribution in [0.5, 0.6) is 23.1 Å². The summed E-state index contributed by atoms with van der Waals surface area (Å²) in [6.07, 6.45) is 4.79. The van der Waals surface area contributed by atoms with E-state index >= 15 is 0 Å². The molecule has 1 aromatic heterocycles. The molecule has 3 aromatic rings. The van der Waals surface area contributed by atoms with Gasteiger partial charge in [-0.3, -0.25) is 0 Å². The number of aromatic nitrogens is 1. The SMILES string of the molecule is CCOC(=O)/C=C/c1cc(C)c(Oc2ccc(OCc3ccc(OC)cc3)cn2)c(C)c1. The van der Waals surface area contributed by atoms with Crippen LogP contribution in [-0.4, -0.2) is 24.7 Å². The van der Waals surface area contributed by atoms with E-state index in [1.165, 1.54) is 6.08 Å². The molecule has 166 valence electrons. The maximum Gasteiger partial charge on any atom is 0.330 e. The van der Waals surface area contributed by atoms with Crippen molar-refractivity contribution in [1.29, 1.82) is 0 Å². The molecule has 0 fully saturated rings. The summed E-state index contributed by atoms with van der Waals surface area (Å²) in [6, 6.07) is 15.2. The van der Waals surface area contributed by atoms with Crippen molar-refractivity contribution in [3.05, 3.63) is 83.1 Å². The van der Waals surface area contributed by atoms with E-state index in [-0.39, 0.29) is 5.97 Å². The van der Waals surface area contributed by atoms with Gasteiger partial charge in [-0.05, 0) is 79.4 Å². The lowest BCUT2D eigenvalue weighted by Gasteiger charge is -2.13. The van der Waals surface area contributed by atoms with Gasteiger partial charge in [0.2, 0.25) is 5.88 Å². The first-order chi connectivity index (χ1) is 15.5. The zero-order valence-electron chi connectivity index (χ0n) is 18.8. The van der Waals surface area contributed by atoms with Crippen LogP contribution in [0.4, 0.5) is 0 Å². The van der Waals surface area contributed by atoms with E-state index in [4.69, 9.17) is 18.9 Å². The number of esters is 1. The van der Waals surface area contributed by atoms with Gasteiger partial charge >= 0.3 is 5.97 Å². The van der Waals surface area contributed by atoms with Crippen molar-refractivity contribution in [2.24, 2.45) is 0 Å². The number of aryl methyl sites for hydroxylation is 2. The molecular formula is C26H27NO5. The van der Waals surface area contributed by atoms with Gasteiger partial charge in [0.25, 0.3) is 0 Å². The van der Waals surface area contributed by atoms with Gasteiger partial charge in [0.05, 0.1) is 19.9 Å². The van der Waals surface area contributed by atoms with Crippen molar-refractivity contribution in [3.8, 4) is 23.1 Å². The Balaban J connectivity index is 1.62. The number of hydrogen-bond donors (Lipinski definition) is 0. The molecule has 0 unspecified atom stereocenters. The average Bonchev–Trinajstić information content (AvgIpc) is 2.80. The van der Waals surface area contributed by atoms with E-state index in [1.807, 2.05) is 56.3 Å². The van der Waals surface area contributed by atoms with E-state index in [0.717, 1.165) is 33.8 Å². The van der Waals surface area contributed by atoms with Gasteiger partial charge < -0.3 is 18.9 Å². The molecule has 0 amide bonds. The standard InChI is InChI=1S/C26H27NO5/c1-5-30-25(28)13-8-21-14-18(2)26(19(3)15-21)32-24-12-11-23(16-27-24)31-17-20-6-9-22(29-4)10-7-20/h6-16H,5,17H2,1-4H3/b13-8+. The van der Waals surface area contributed by atoms with Crippen LogP contribution in [0.15, 0.2) is 60.8 Å². The average molecular weight is 434 g/mol. The Morgan fingerprint density at radius 2 is 1.69 bits per heavy atom. The zero-order valence-corrected chi connectivity index (χ0v) is 18.8. The van der Waals surface area contributed by atoms with Crippen LogP contribution in [0.2, 0.25) is 0 Å². The van der Waals surface area contributed by atoms with Gasteiger partial charge in [0.1, 0.15) is 23.9 Å². The lowest BCUT2D eigenvalue weighted by atomic mass is 10.1. The third-order valence-electron chi connectivity index (χ3n) is 4.66. The maximum atomic E-state index is 11.5. The van der Waals surface area contributed by atoms with Crippen molar-refractivity contribution in [1.82, 2.24) is 4.98 Å². The van der Waals surface area contributed by atoms with Crippen LogP contribution in [-0.2, 0) is 16.1 Å². The number of nitrogens with zero attached hydrogens (tertiary/aromatic N) is 1. The van der Waals surface area contributed by atoms with Crippen LogP contribution in [0.25, 0.3) is 6.08 Å². The second-order valence-electron chi connectivity index (χ2n) is 7.14. The molecule has 0 aliphatic rings. The number of carbonyl (C=O) groups excluding carboxylic acids is 1. The normalized spacial score (nSPS) is 10.8. The summed E-state index contributed by atoms with van der Waals surface area (Å²) in [5.41, 5.74) is 3.82. The first kappa shape index (κ1) is 22.9. The quantitative estimate of drug-likeness (QED) is 0.321. The predicted molar refractivity (Wildman–Crippen MR) is 123 cm³/mol. The van der Waals surface area contributed by atoms with Crippen molar-refractivity contribution >= 4 is 12.0 Å². The van der Waals surface area contributed by atoms with Gasteiger partial charge in [0, 0.05) is 12.1 Å². The predicted octanol–water partition coefficient (Wildman–Crippen LogP) is 5.65.